The fraction of sp³-hybridized carbons (Fsp3) is 0.167. The third kappa shape index (κ3) is 7.65. The first kappa shape index (κ1) is 19.9. The normalized spacial score (nSPS) is 10.1. The minimum atomic E-state index is -0.314. The van der Waals surface area contributed by atoms with E-state index >= 15 is 0 Å². The third-order valence-corrected chi connectivity index (χ3v) is 3.63. The molecule has 0 unspecified atom stereocenters. The van der Waals surface area contributed by atoms with Crippen LogP contribution in [-0.4, -0.2) is 24.3 Å². The highest BCUT2D eigenvalue weighted by molar-refractivity contribution is 7.94. The van der Waals surface area contributed by atoms with E-state index in [1.165, 1.54) is 12.1 Å². The summed E-state index contributed by atoms with van der Waals surface area (Å²) in [5, 5.41) is 14.2. The van der Waals surface area contributed by atoms with Crippen LogP contribution in [-0.2, 0) is 25.5 Å². The summed E-state index contributed by atoms with van der Waals surface area (Å²) in [7, 11) is 0. The second-order valence-corrected chi connectivity index (χ2v) is 5.72. The van der Waals surface area contributed by atoms with Gasteiger partial charge in [-0.3, -0.25) is 4.79 Å². The van der Waals surface area contributed by atoms with Crippen molar-refractivity contribution in [3.8, 4) is 11.8 Å². The lowest BCUT2D eigenvalue weighted by atomic mass is 10.2. The van der Waals surface area contributed by atoms with Gasteiger partial charge in [0.15, 0.2) is 0 Å². The smallest absolute Gasteiger partial charge is 0.246 e. The maximum Gasteiger partial charge on any atom is 0.246 e. The van der Waals surface area contributed by atoms with Gasteiger partial charge in [-0.05, 0) is 42.0 Å². The number of nitrogens with one attached hydrogen (secondary N) is 1. The SMILES string of the molecule is O=C(COCc1ccc(F)cc1)NCC#Cc1ccc(SOOO)cc1. The van der Waals surface area contributed by atoms with Crippen molar-refractivity contribution in [2.24, 2.45) is 0 Å². The Morgan fingerprint density at radius 1 is 1.15 bits per heavy atom. The van der Waals surface area contributed by atoms with Gasteiger partial charge in [0.2, 0.25) is 5.91 Å². The number of amides is 1. The van der Waals surface area contributed by atoms with Gasteiger partial charge in [-0.25, -0.2) is 9.65 Å². The molecule has 0 spiro atoms. The first-order chi connectivity index (χ1) is 12.7. The van der Waals surface area contributed by atoms with Gasteiger partial charge in [0.1, 0.15) is 12.4 Å². The number of carbonyl (C=O) groups excluding carboxylic acids is 1. The van der Waals surface area contributed by atoms with Crippen LogP contribution >= 0.6 is 12.0 Å². The summed E-state index contributed by atoms with van der Waals surface area (Å²) in [5.74, 6) is 5.13. The van der Waals surface area contributed by atoms with Gasteiger partial charge >= 0.3 is 0 Å². The molecule has 0 fully saturated rings. The number of benzene rings is 2. The zero-order valence-electron chi connectivity index (χ0n) is 13.6. The average molecular weight is 377 g/mol. The van der Waals surface area contributed by atoms with Gasteiger partial charge in [0.25, 0.3) is 0 Å². The third-order valence-electron chi connectivity index (χ3n) is 3.04. The monoisotopic (exact) mass is 377 g/mol. The minimum absolute atomic E-state index is 0.0993. The summed E-state index contributed by atoms with van der Waals surface area (Å²) in [5.41, 5.74) is 1.55. The van der Waals surface area contributed by atoms with E-state index in [0.29, 0.717) is 0 Å². The van der Waals surface area contributed by atoms with Crippen molar-refractivity contribution in [2.45, 2.75) is 11.5 Å². The number of ether oxygens (including phenoxy) is 1. The fourth-order valence-electron chi connectivity index (χ4n) is 1.83. The molecular weight excluding hydrogens is 361 g/mol. The highest BCUT2D eigenvalue weighted by atomic mass is 32.2. The molecule has 0 saturated heterocycles. The topological polar surface area (TPSA) is 77.0 Å². The number of carbonyl (C=O) groups is 1. The summed E-state index contributed by atoms with van der Waals surface area (Å²) >= 11 is 0.858. The molecule has 136 valence electrons. The lowest BCUT2D eigenvalue weighted by molar-refractivity contribution is -0.432. The van der Waals surface area contributed by atoms with E-state index < -0.39 is 0 Å². The van der Waals surface area contributed by atoms with Gasteiger partial charge in [0.05, 0.1) is 25.2 Å². The van der Waals surface area contributed by atoms with E-state index in [4.69, 9.17) is 9.99 Å². The summed E-state index contributed by atoms with van der Waals surface area (Å²) in [6, 6.07) is 12.9. The summed E-state index contributed by atoms with van der Waals surface area (Å²) in [4.78, 5) is 12.4. The van der Waals surface area contributed by atoms with Crippen LogP contribution in [0.1, 0.15) is 11.1 Å². The summed E-state index contributed by atoms with van der Waals surface area (Å²) in [6.07, 6.45) is 0. The number of hydrogen-bond donors (Lipinski definition) is 2. The standard InChI is InChI=1S/C18H16FNO5S/c19-16-7-3-15(4-8-16)12-23-13-18(21)20-11-1-2-14-5-9-17(10-6-14)26-25-24-22/h3-10,22H,11-13H2,(H,20,21). The van der Waals surface area contributed by atoms with Crippen LogP contribution in [0, 0.1) is 17.7 Å². The van der Waals surface area contributed by atoms with Crippen LogP contribution in [0.5, 0.6) is 0 Å². The van der Waals surface area contributed by atoms with Crippen molar-refractivity contribution < 1.29 is 28.6 Å². The van der Waals surface area contributed by atoms with Crippen LogP contribution in [0.4, 0.5) is 4.39 Å². The lowest BCUT2D eigenvalue weighted by Gasteiger charge is -2.04. The Morgan fingerprint density at radius 3 is 2.58 bits per heavy atom. The van der Waals surface area contributed by atoms with E-state index in [-0.39, 0.29) is 31.5 Å². The largest absolute Gasteiger partial charge is 0.367 e. The molecule has 0 radical (unpaired) electrons. The quantitative estimate of drug-likeness (QED) is 0.319. The van der Waals surface area contributed by atoms with E-state index in [2.05, 4.69) is 26.5 Å². The Labute approximate surface area is 154 Å². The minimum Gasteiger partial charge on any atom is -0.367 e. The van der Waals surface area contributed by atoms with Crippen molar-refractivity contribution >= 4 is 17.9 Å². The van der Waals surface area contributed by atoms with E-state index in [1.807, 2.05) is 0 Å². The van der Waals surface area contributed by atoms with Crippen molar-refractivity contribution in [3.05, 3.63) is 65.5 Å². The number of rotatable bonds is 8. The van der Waals surface area contributed by atoms with Crippen LogP contribution in [0.15, 0.2) is 53.4 Å². The zero-order chi connectivity index (χ0) is 18.6. The molecule has 0 saturated carbocycles. The van der Waals surface area contributed by atoms with Crippen molar-refractivity contribution in [2.75, 3.05) is 13.2 Å². The Balaban J connectivity index is 1.65. The molecule has 2 aromatic carbocycles. The fourth-order valence-corrected chi connectivity index (χ4v) is 2.19. The van der Waals surface area contributed by atoms with Gasteiger partial charge < -0.3 is 10.1 Å². The molecule has 2 rings (SSSR count). The Morgan fingerprint density at radius 2 is 1.88 bits per heavy atom. The molecule has 8 heteroatoms. The predicted octanol–water partition coefficient (Wildman–Crippen LogP) is 2.94. The molecule has 0 aliphatic rings. The molecule has 1 amide bonds. The molecule has 2 N–H and O–H groups in total. The first-order valence-corrected chi connectivity index (χ1v) is 8.24. The molecular formula is C18H16FNO5S. The molecule has 0 heterocycles. The average Bonchev–Trinajstić information content (AvgIpc) is 2.66. The van der Waals surface area contributed by atoms with Crippen LogP contribution < -0.4 is 5.32 Å². The molecule has 0 aliphatic carbocycles. The second kappa shape index (κ2) is 11.3. The predicted molar refractivity (Wildman–Crippen MR) is 93.0 cm³/mol. The number of halogens is 1. The van der Waals surface area contributed by atoms with Crippen molar-refractivity contribution in [1.82, 2.24) is 5.32 Å². The molecule has 6 nitrogen and oxygen atoms in total. The summed E-state index contributed by atoms with van der Waals surface area (Å²) in [6.45, 7) is 0.323. The molecule has 0 aromatic heterocycles. The molecule has 0 atom stereocenters. The van der Waals surface area contributed by atoms with E-state index in [9.17, 15) is 9.18 Å². The molecule has 0 bridgehead atoms. The van der Waals surface area contributed by atoms with Crippen molar-refractivity contribution in [3.63, 3.8) is 0 Å². The van der Waals surface area contributed by atoms with Gasteiger partial charge in [0, 0.05) is 10.5 Å². The lowest BCUT2D eigenvalue weighted by Crippen LogP contribution is -2.27. The van der Waals surface area contributed by atoms with Gasteiger partial charge in [-0.1, -0.05) is 29.0 Å². The second-order valence-electron chi connectivity index (χ2n) is 4.95. The molecule has 26 heavy (non-hydrogen) atoms. The Hall–Kier alpha value is -2.41. The zero-order valence-corrected chi connectivity index (χ0v) is 14.4. The van der Waals surface area contributed by atoms with Crippen LogP contribution in [0.25, 0.3) is 0 Å². The van der Waals surface area contributed by atoms with Crippen molar-refractivity contribution in [1.29, 1.82) is 0 Å². The maximum absolute atomic E-state index is 12.8. The first-order valence-electron chi connectivity index (χ1n) is 7.50. The Kier molecular flexibility index (Phi) is 8.62. The Bertz CT molecular complexity index is 756. The van der Waals surface area contributed by atoms with E-state index in [0.717, 1.165) is 28.1 Å². The van der Waals surface area contributed by atoms with E-state index in [1.54, 1.807) is 36.4 Å². The molecule has 0 aliphatic heterocycles. The maximum atomic E-state index is 12.8. The molecule has 2 aromatic rings. The highest BCUT2D eigenvalue weighted by Gasteiger charge is 2.00. The highest BCUT2D eigenvalue weighted by Crippen LogP contribution is 2.18. The van der Waals surface area contributed by atoms with Gasteiger partial charge in [-0.2, -0.15) is 0 Å². The van der Waals surface area contributed by atoms with Crippen LogP contribution in [0.2, 0.25) is 0 Å². The number of hydrogen-bond acceptors (Lipinski definition) is 6. The van der Waals surface area contributed by atoms with Gasteiger partial charge in [-0.15, -0.1) is 4.33 Å². The summed E-state index contributed by atoms with van der Waals surface area (Å²) < 4.78 is 22.3. The van der Waals surface area contributed by atoms with Crippen LogP contribution in [0.3, 0.4) is 0 Å².